The molecule has 0 spiro atoms. The molecule has 2 nitrogen and oxygen atoms in total. The SMILES string of the molecule is Oc1ccc(/C=C/C=C/C=C/C=C/C=C/C=C/[n+]2ccccc2)cc1. The van der Waals surface area contributed by atoms with Gasteiger partial charge in [-0.1, -0.05) is 79.0 Å². The summed E-state index contributed by atoms with van der Waals surface area (Å²) in [4.78, 5) is 0. The molecule has 1 aromatic heterocycles. The number of aromatic hydroxyl groups is 1. The lowest BCUT2D eigenvalue weighted by Gasteiger charge is -1.92. The fourth-order valence-corrected chi connectivity index (χ4v) is 1.93. The molecule has 2 rings (SSSR count). The van der Waals surface area contributed by atoms with Crippen molar-refractivity contribution in [1.29, 1.82) is 0 Å². The van der Waals surface area contributed by atoms with Crippen molar-refractivity contribution < 1.29 is 9.67 Å². The van der Waals surface area contributed by atoms with Gasteiger partial charge in [0.05, 0.1) is 0 Å². The zero-order chi connectivity index (χ0) is 17.6. The predicted octanol–water partition coefficient (Wildman–Crippen LogP) is 5.09. The van der Waals surface area contributed by atoms with E-state index in [9.17, 15) is 5.11 Å². The van der Waals surface area contributed by atoms with E-state index in [2.05, 4.69) is 0 Å². The Morgan fingerprint density at radius 1 is 0.600 bits per heavy atom. The summed E-state index contributed by atoms with van der Waals surface area (Å²) in [6.07, 6.45) is 27.7. The first-order valence-electron chi connectivity index (χ1n) is 8.11. The number of nitrogens with zero attached hydrogens (tertiary/aromatic N) is 1. The van der Waals surface area contributed by atoms with Crippen LogP contribution in [0, 0.1) is 0 Å². The second kappa shape index (κ2) is 11.2. The third-order valence-corrected chi connectivity index (χ3v) is 3.18. The summed E-state index contributed by atoms with van der Waals surface area (Å²) in [5.41, 5.74) is 1.05. The normalized spacial score (nSPS) is 12.8. The molecule has 0 unspecified atom stereocenters. The van der Waals surface area contributed by atoms with E-state index < -0.39 is 0 Å². The monoisotopic (exact) mass is 328 g/mol. The average Bonchev–Trinajstić information content (AvgIpc) is 2.65. The molecule has 0 fully saturated rings. The highest BCUT2D eigenvalue weighted by atomic mass is 16.3. The first-order valence-corrected chi connectivity index (χ1v) is 8.11. The highest BCUT2D eigenvalue weighted by molar-refractivity contribution is 5.52. The summed E-state index contributed by atoms with van der Waals surface area (Å²) >= 11 is 0. The van der Waals surface area contributed by atoms with Gasteiger partial charge in [-0.15, -0.1) is 0 Å². The summed E-state index contributed by atoms with van der Waals surface area (Å²) in [6.45, 7) is 0. The quantitative estimate of drug-likeness (QED) is 0.555. The maximum Gasteiger partial charge on any atom is 0.174 e. The van der Waals surface area contributed by atoms with Gasteiger partial charge < -0.3 is 5.11 Å². The number of phenolic OH excluding ortho intramolecular Hbond substituents is 1. The summed E-state index contributed by atoms with van der Waals surface area (Å²) < 4.78 is 1.99. The topological polar surface area (TPSA) is 24.1 Å². The van der Waals surface area contributed by atoms with Gasteiger partial charge in [-0.25, -0.2) is 0 Å². The number of allylic oxidation sites excluding steroid dienone is 10. The van der Waals surface area contributed by atoms with E-state index in [0.717, 1.165) is 5.56 Å². The van der Waals surface area contributed by atoms with Crippen molar-refractivity contribution in [3.63, 3.8) is 0 Å². The van der Waals surface area contributed by atoms with Gasteiger partial charge in [-0.05, 0) is 17.7 Å². The Kier molecular flexibility index (Phi) is 8.04. The van der Waals surface area contributed by atoms with Crippen molar-refractivity contribution in [3.05, 3.63) is 121 Å². The molecule has 0 aliphatic heterocycles. The van der Waals surface area contributed by atoms with E-state index in [4.69, 9.17) is 0 Å². The molecule has 0 amide bonds. The zero-order valence-electron chi connectivity index (χ0n) is 14.0. The molecule has 124 valence electrons. The van der Waals surface area contributed by atoms with Crippen molar-refractivity contribution in [2.75, 3.05) is 0 Å². The van der Waals surface area contributed by atoms with Crippen molar-refractivity contribution in [2.45, 2.75) is 0 Å². The van der Waals surface area contributed by atoms with E-state index in [1.807, 2.05) is 120 Å². The van der Waals surface area contributed by atoms with Crippen molar-refractivity contribution in [3.8, 4) is 5.75 Å². The van der Waals surface area contributed by atoms with Crippen LogP contribution in [0.3, 0.4) is 0 Å². The second-order valence-corrected chi connectivity index (χ2v) is 5.15. The molecular weight excluding hydrogens is 306 g/mol. The van der Waals surface area contributed by atoms with Crippen LogP contribution in [-0.2, 0) is 0 Å². The minimum Gasteiger partial charge on any atom is -0.508 e. The third kappa shape index (κ3) is 8.14. The van der Waals surface area contributed by atoms with Crippen LogP contribution in [0.1, 0.15) is 5.56 Å². The first kappa shape index (κ1) is 18.0. The molecule has 1 aromatic carbocycles. The highest BCUT2D eigenvalue weighted by Gasteiger charge is 1.86. The fraction of sp³-hybridized carbons (Fsp3) is 0. The Balaban J connectivity index is 1.68. The lowest BCUT2D eigenvalue weighted by atomic mass is 10.2. The van der Waals surface area contributed by atoms with Crippen LogP contribution in [-0.4, -0.2) is 5.11 Å². The van der Waals surface area contributed by atoms with Crippen LogP contribution in [0.25, 0.3) is 12.3 Å². The molecule has 25 heavy (non-hydrogen) atoms. The Morgan fingerprint density at radius 2 is 1.12 bits per heavy atom. The largest absolute Gasteiger partial charge is 0.508 e. The number of aromatic nitrogens is 1. The standard InChI is InChI=1S/C23H21NO/c25-23-17-15-22(16-18-23)14-10-7-5-3-1-2-4-6-8-11-19-24-20-12-9-13-21-24/h1-21H/p+1/b3-1+,4-2+,7-5+,8-6+,14-10+,19-11+. The number of hydrogen-bond donors (Lipinski definition) is 1. The molecule has 0 aliphatic rings. The number of hydrogen-bond acceptors (Lipinski definition) is 1. The van der Waals surface area contributed by atoms with Crippen LogP contribution < -0.4 is 4.57 Å². The van der Waals surface area contributed by atoms with Crippen LogP contribution in [0.15, 0.2) is 116 Å². The third-order valence-electron chi connectivity index (χ3n) is 3.18. The molecule has 0 aliphatic carbocycles. The van der Waals surface area contributed by atoms with E-state index in [1.54, 1.807) is 12.1 Å². The number of pyridine rings is 1. The van der Waals surface area contributed by atoms with E-state index in [1.165, 1.54) is 0 Å². The Morgan fingerprint density at radius 3 is 1.72 bits per heavy atom. The average molecular weight is 328 g/mol. The van der Waals surface area contributed by atoms with Gasteiger partial charge in [-0.3, -0.25) is 0 Å². The summed E-state index contributed by atoms with van der Waals surface area (Å²) in [6, 6.07) is 13.1. The van der Waals surface area contributed by atoms with E-state index >= 15 is 0 Å². The van der Waals surface area contributed by atoms with Crippen LogP contribution in [0.2, 0.25) is 0 Å². The van der Waals surface area contributed by atoms with Gasteiger partial charge in [0, 0.05) is 18.2 Å². The second-order valence-electron chi connectivity index (χ2n) is 5.15. The van der Waals surface area contributed by atoms with Crippen LogP contribution in [0.4, 0.5) is 0 Å². The molecule has 0 radical (unpaired) electrons. The maximum atomic E-state index is 9.21. The number of rotatable bonds is 7. The van der Waals surface area contributed by atoms with Crippen LogP contribution in [0.5, 0.6) is 5.75 Å². The molecule has 0 bridgehead atoms. The molecule has 1 N–H and O–H groups in total. The molecule has 1 heterocycles. The van der Waals surface area contributed by atoms with Gasteiger partial charge >= 0.3 is 0 Å². The Hall–Kier alpha value is -3.39. The summed E-state index contributed by atoms with van der Waals surface area (Å²) in [7, 11) is 0. The summed E-state index contributed by atoms with van der Waals surface area (Å²) in [5, 5.41) is 9.21. The van der Waals surface area contributed by atoms with E-state index in [0.29, 0.717) is 0 Å². The highest BCUT2D eigenvalue weighted by Crippen LogP contribution is 2.10. The van der Waals surface area contributed by atoms with Gasteiger partial charge in [0.1, 0.15) is 5.75 Å². The molecular formula is C23H22NO+. The molecule has 2 heteroatoms. The molecule has 2 aromatic rings. The van der Waals surface area contributed by atoms with Crippen LogP contribution >= 0.6 is 0 Å². The lowest BCUT2D eigenvalue weighted by molar-refractivity contribution is -0.568. The Bertz CT molecular complexity index is 792. The number of benzene rings is 1. The number of phenols is 1. The summed E-state index contributed by atoms with van der Waals surface area (Å²) in [5.74, 6) is 0.283. The van der Waals surface area contributed by atoms with Crippen molar-refractivity contribution in [1.82, 2.24) is 0 Å². The first-order chi connectivity index (χ1) is 12.3. The minimum absolute atomic E-state index is 0.283. The van der Waals surface area contributed by atoms with Gasteiger partial charge in [0.2, 0.25) is 0 Å². The maximum absolute atomic E-state index is 9.21. The van der Waals surface area contributed by atoms with E-state index in [-0.39, 0.29) is 5.75 Å². The smallest absolute Gasteiger partial charge is 0.174 e. The van der Waals surface area contributed by atoms with Crippen molar-refractivity contribution >= 4 is 12.3 Å². The molecule has 0 atom stereocenters. The van der Waals surface area contributed by atoms with Gasteiger partial charge in [0.25, 0.3) is 0 Å². The minimum atomic E-state index is 0.283. The van der Waals surface area contributed by atoms with Crippen molar-refractivity contribution in [2.24, 2.45) is 0 Å². The predicted molar refractivity (Wildman–Crippen MR) is 106 cm³/mol. The molecule has 0 saturated carbocycles. The lowest BCUT2D eigenvalue weighted by Crippen LogP contribution is -2.23. The Labute approximate surface area is 149 Å². The fourth-order valence-electron chi connectivity index (χ4n) is 1.93. The van der Waals surface area contributed by atoms with Gasteiger partial charge in [0.15, 0.2) is 18.6 Å². The van der Waals surface area contributed by atoms with Gasteiger partial charge in [-0.2, -0.15) is 4.57 Å². The zero-order valence-corrected chi connectivity index (χ0v) is 14.0. The molecule has 0 saturated heterocycles.